The number of carbonyl (C=O) groups excluding carboxylic acids is 2. The second kappa shape index (κ2) is 9.93. The minimum Gasteiger partial charge on any atom is -0.452 e. The zero-order chi connectivity index (χ0) is 22.3. The van der Waals surface area contributed by atoms with Crippen LogP contribution in [0.4, 0.5) is 5.69 Å². The second-order valence-corrected chi connectivity index (χ2v) is 7.89. The van der Waals surface area contributed by atoms with Crippen LogP contribution in [0, 0.1) is 6.92 Å². The SMILES string of the molecule is Cc1c(C(=O)OCC(=O)Nc2ccccc2Sc2ccccc2)cnn1-c1ccccn1. The Kier molecular flexibility index (Phi) is 6.62. The van der Waals surface area contributed by atoms with E-state index < -0.39 is 18.5 Å². The maximum atomic E-state index is 12.5. The van der Waals surface area contributed by atoms with Crippen molar-refractivity contribution < 1.29 is 14.3 Å². The summed E-state index contributed by atoms with van der Waals surface area (Å²) in [6.07, 6.45) is 3.06. The number of ether oxygens (including phenoxy) is 1. The van der Waals surface area contributed by atoms with Gasteiger partial charge in [0.15, 0.2) is 12.4 Å². The number of amides is 1. The molecule has 0 saturated carbocycles. The van der Waals surface area contributed by atoms with E-state index in [2.05, 4.69) is 15.4 Å². The van der Waals surface area contributed by atoms with Crippen molar-refractivity contribution in [2.24, 2.45) is 0 Å². The molecule has 0 fully saturated rings. The van der Waals surface area contributed by atoms with Crippen molar-refractivity contribution >= 4 is 29.3 Å². The summed E-state index contributed by atoms with van der Waals surface area (Å²) in [5.74, 6) is -0.449. The third kappa shape index (κ3) is 5.04. The predicted octanol–water partition coefficient (Wildman–Crippen LogP) is 4.52. The van der Waals surface area contributed by atoms with Crippen molar-refractivity contribution in [3.63, 3.8) is 0 Å². The van der Waals surface area contributed by atoms with Crippen LogP contribution in [0.5, 0.6) is 0 Å². The van der Waals surface area contributed by atoms with Crippen LogP contribution in [-0.4, -0.2) is 33.2 Å². The van der Waals surface area contributed by atoms with Crippen molar-refractivity contribution in [1.82, 2.24) is 14.8 Å². The zero-order valence-electron chi connectivity index (χ0n) is 17.3. The minimum absolute atomic E-state index is 0.281. The highest BCUT2D eigenvalue weighted by molar-refractivity contribution is 7.99. The Balaban J connectivity index is 1.38. The average molecular weight is 445 g/mol. The van der Waals surface area contributed by atoms with Crippen molar-refractivity contribution in [3.05, 3.63) is 96.4 Å². The lowest BCUT2D eigenvalue weighted by atomic mass is 10.2. The van der Waals surface area contributed by atoms with Gasteiger partial charge in [-0.05, 0) is 43.3 Å². The third-order valence-corrected chi connectivity index (χ3v) is 5.65. The number of rotatable bonds is 7. The minimum atomic E-state index is -0.619. The summed E-state index contributed by atoms with van der Waals surface area (Å²) in [5, 5.41) is 7.02. The second-order valence-electron chi connectivity index (χ2n) is 6.78. The first-order valence-electron chi connectivity index (χ1n) is 9.87. The molecule has 160 valence electrons. The maximum absolute atomic E-state index is 12.5. The van der Waals surface area contributed by atoms with Gasteiger partial charge in [0.25, 0.3) is 5.91 Å². The van der Waals surface area contributed by atoms with Crippen LogP contribution in [-0.2, 0) is 9.53 Å². The molecule has 0 radical (unpaired) electrons. The zero-order valence-corrected chi connectivity index (χ0v) is 18.1. The Hall–Kier alpha value is -3.91. The molecule has 2 aromatic carbocycles. The molecule has 1 amide bonds. The molecule has 4 aromatic rings. The Labute approximate surface area is 189 Å². The van der Waals surface area contributed by atoms with Gasteiger partial charge in [-0.25, -0.2) is 14.5 Å². The van der Waals surface area contributed by atoms with Gasteiger partial charge < -0.3 is 10.1 Å². The normalized spacial score (nSPS) is 10.5. The van der Waals surface area contributed by atoms with E-state index in [1.165, 1.54) is 6.20 Å². The van der Waals surface area contributed by atoms with Gasteiger partial charge in [0.1, 0.15) is 5.56 Å². The molecule has 1 N–H and O–H groups in total. The number of carbonyl (C=O) groups is 2. The van der Waals surface area contributed by atoms with E-state index in [0.717, 1.165) is 9.79 Å². The Bertz CT molecular complexity index is 1230. The first-order valence-corrected chi connectivity index (χ1v) is 10.7. The predicted molar refractivity (Wildman–Crippen MR) is 122 cm³/mol. The molecular formula is C24H20N4O3S. The number of benzene rings is 2. The first-order chi connectivity index (χ1) is 15.6. The third-order valence-electron chi connectivity index (χ3n) is 4.56. The summed E-state index contributed by atoms with van der Waals surface area (Å²) >= 11 is 1.54. The van der Waals surface area contributed by atoms with Crippen LogP contribution in [0.25, 0.3) is 5.82 Å². The molecule has 7 nitrogen and oxygen atoms in total. The number of para-hydroxylation sites is 1. The molecule has 2 aromatic heterocycles. The van der Waals surface area contributed by atoms with Crippen LogP contribution in [0.1, 0.15) is 16.1 Å². The highest BCUT2D eigenvalue weighted by Crippen LogP contribution is 2.33. The fourth-order valence-corrected chi connectivity index (χ4v) is 3.91. The topological polar surface area (TPSA) is 86.1 Å². The summed E-state index contributed by atoms with van der Waals surface area (Å²) < 4.78 is 6.77. The van der Waals surface area contributed by atoms with Crippen LogP contribution in [0.15, 0.2) is 95.0 Å². The summed E-state index contributed by atoms with van der Waals surface area (Å²) in [4.78, 5) is 31.1. The molecule has 0 unspecified atom stereocenters. The fraction of sp³-hybridized carbons (Fsp3) is 0.0833. The van der Waals surface area contributed by atoms with Gasteiger partial charge in [-0.2, -0.15) is 5.10 Å². The molecule has 0 bridgehead atoms. The molecule has 0 atom stereocenters. The van der Waals surface area contributed by atoms with Gasteiger partial charge in [0, 0.05) is 16.0 Å². The van der Waals surface area contributed by atoms with Gasteiger partial charge in [0.2, 0.25) is 0 Å². The molecule has 2 heterocycles. The van der Waals surface area contributed by atoms with Gasteiger partial charge in [-0.3, -0.25) is 4.79 Å². The van der Waals surface area contributed by atoms with E-state index in [0.29, 0.717) is 17.2 Å². The van der Waals surface area contributed by atoms with E-state index in [1.807, 2.05) is 60.7 Å². The molecule has 0 aliphatic carbocycles. The number of hydrogen-bond donors (Lipinski definition) is 1. The molecule has 4 rings (SSSR count). The first kappa shape index (κ1) is 21.3. The summed E-state index contributed by atoms with van der Waals surface area (Å²) in [6.45, 7) is 1.34. The number of hydrogen-bond acceptors (Lipinski definition) is 6. The van der Waals surface area contributed by atoms with Crippen molar-refractivity contribution in [2.45, 2.75) is 16.7 Å². The van der Waals surface area contributed by atoms with E-state index in [-0.39, 0.29) is 5.56 Å². The highest BCUT2D eigenvalue weighted by atomic mass is 32.2. The van der Waals surface area contributed by atoms with Crippen molar-refractivity contribution in [1.29, 1.82) is 0 Å². The van der Waals surface area contributed by atoms with Gasteiger partial charge in [-0.15, -0.1) is 0 Å². The van der Waals surface area contributed by atoms with Gasteiger partial charge in [-0.1, -0.05) is 48.2 Å². The summed E-state index contributed by atoms with van der Waals surface area (Å²) in [7, 11) is 0. The summed E-state index contributed by atoms with van der Waals surface area (Å²) in [6, 6.07) is 22.8. The fourth-order valence-electron chi connectivity index (χ4n) is 2.99. The number of nitrogens with zero attached hydrogens (tertiary/aromatic N) is 3. The number of esters is 1. The van der Waals surface area contributed by atoms with Gasteiger partial charge in [0.05, 0.1) is 17.6 Å². The quantitative estimate of drug-likeness (QED) is 0.422. The monoisotopic (exact) mass is 444 g/mol. The van der Waals surface area contributed by atoms with Crippen LogP contribution < -0.4 is 5.32 Å². The van der Waals surface area contributed by atoms with E-state index in [4.69, 9.17) is 4.74 Å². The molecular weight excluding hydrogens is 424 g/mol. The van der Waals surface area contributed by atoms with Crippen LogP contribution in [0.2, 0.25) is 0 Å². The number of anilines is 1. The van der Waals surface area contributed by atoms with Crippen molar-refractivity contribution in [3.8, 4) is 5.82 Å². The Morgan fingerprint density at radius 3 is 2.53 bits per heavy atom. The van der Waals surface area contributed by atoms with Gasteiger partial charge >= 0.3 is 5.97 Å². The molecule has 0 aliphatic heterocycles. The van der Waals surface area contributed by atoms with E-state index in [1.54, 1.807) is 41.7 Å². The molecule has 32 heavy (non-hydrogen) atoms. The Morgan fingerprint density at radius 2 is 1.75 bits per heavy atom. The highest BCUT2D eigenvalue weighted by Gasteiger charge is 2.18. The lowest BCUT2D eigenvalue weighted by Crippen LogP contribution is -2.21. The molecule has 0 spiro atoms. The maximum Gasteiger partial charge on any atom is 0.342 e. The Morgan fingerprint density at radius 1 is 1.00 bits per heavy atom. The molecule has 0 aliphatic rings. The number of pyridine rings is 1. The average Bonchev–Trinajstić information content (AvgIpc) is 3.21. The molecule has 0 saturated heterocycles. The van der Waals surface area contributed by atoms with E-state index >= 15 is 0 Å². The number of nitrogens with one attached hydrogen (secondary N) is 1. The smallest absolute Gasteiger partial charge is 0.342 e. The lowest BCUT2D eigenvalue weighted by Gasteiger charge is -2.11. The van der Waals surface area contributed by atoms with Crippen LogP contribution >= 0.6 is 11.8 Å². The van der Waals surface area contributed by atoms with Crippen LogP contribution in [0.3, 0.4) is 0 Å². The number of aromatic nitrogens is 3. The largest absolute Gasteiger partial charge is 0.452 e. The van der Waals surface area contributed by atoms with E-state index in [9.17, 15) is 9.59 Å². The summed E-state index contributed by atoms with van der Waals surface area (Å²) in [5.41, 5.74) is 1.52. The molecule has 8 heteroatoms. The van der Waals surface area contributed by atoms with Crippen molar-refractivity contribution in [2.75, 3.05) is 11.9 Å². The lowest BCUT2D eigenvalue weighted by molar-refractivity contribution is -0.119. The standard InChI is InChI=1S/C24H20N4O3S/c1-17-19(15-26-28(17)22-13-7-8-14-25-22)24(30)31-16-23(29)27-20-11-5-6-12-21(20)32-18-9-3-2-4-10-18/h2-15H,16H2,1H3,(H,27,29).